The van der Waals surface area contributed by atoms with Crippen molar-refractivity contribution in [2.45, 2.75) is 70.2 Å². The van der Waals surface area contributed by atoms with Crippen molar-refractivity contribution < 1.29 is 19.0 Å². The lowest BCUT2D eigenvalue weighted by Gasteiger charge is -2.42. The fraction of sp³-hybridized carbons (Fsp3) is 0.619. The molecule has 4 nitrogen and oxygen atoms in total. The summed E-state index contributed by atoms with van der Waals surface area (Å²) in [6, 6.07) is 9.98. The molecule has 0 saturated carbocycles. The van der Waals surface area contributed by atoms with Gasteiger partial charge in [-0.25, -0.2) is 0 Å². The van der Waals surface area contributed by atoms with Crippen LogP contribution in [-0.2, 0) is 20.3 Å². The molecule has 3 atom stereocenters. The van der Waals surface area contributed by atoms with Crippen LogP contribution in [0.5, 0.6) is 0 Å². The molecular formula is C21H34O4Si. The maximum absolute atomic E-state index is 11.3. The van der Waals surface area contributed by atoms with Crippen LogP contribution in [0, 0.1) is 0 Å². The third-order valence-electron chi connectivity index (χ3n) is 5.46. The Balaban J connectivity index is 2.18. The zero-order valence-electron chi connectivity index (χ0n) is 17.0. The summed E-state index contributed by atoms with van der Waals surface area (Å²) in [6.07, 6.45) is 3.19. The van der Waals surface area contributed by atoms with Crippen molar-refractivity contribution in [3.63, 3.8) is 0 Å². The number of benzene rings is 1. The van der Waals surface area contributed by atoms with Crippen molar-refractivity contribution >= 4 is 8.32 Å². The van der Waals surface area contributed by atoms with E-state index in [1.54, 1.807) is 6.08 Å². The van der Waals surface area contributed by atoms with Crippen LogP contribution in [0.3, 0.4) is 0 Å². The van der Waals surface area contributed by atoms with Gasteiger partial charge in [0.15, 0.2) is 14.6 Å². The summed E-state index contributed by atoms with van der Waals surface area (Å²) in [5, 5.41) is 11.4. The second-order valence-electron chi connectivity index (χ2n) is 8.53. The van der Waals surface area contributed by atoms with Gasteiger partial charge in [0.1, 0.15) is 11.7 Å². The van der Waals surface area contributed by atoms with Gasteiger partial charge in [-0.2, -0.15) is 0 Å². The number of hydrogen-bond acceptors (Lipinski definition) is 4. The van der Waals surface area contributed by atoms with Crippen molar-refractivity contribution in [2.75, 3.05) is 13.2 Å². The summed E-state index contributed by atoms with van der Waals surface area (Å²) in [4.78, 5) is 0. The van der Waals surface area contributed by atoms with Gasteiger partial charge in [-0.05, 0) is 42.8 Å². The molecule has 1 N–H and O–H groups in total. The zero-order chi connectivity index (χ0) is 19.4. The predicted molar refractivity (Wildman–Crippen MR) is 108 cm³/mol. The van der Waals surface area contributed by atoms with Gasteiger partial charge in [-0.15, -0.1) is 0 Å². The Hall–Kier alpha value is -0.983. The average Bonchev–Trinajstić information content (AvgIpc) is 2.55. The van der Waals surface area contributed by atoms with E-state index in [0.717, 1.165) is 5.56 Å². The molecule has 0 aromatic heterocycles. The first-order chi connectivity index (χ1) is 12.1. The molecule has 0 amide bonds. The molecule has 26 heavy (non-hydrogen) atoms. The first-order valence-corrected chi connectivity index (χ1v) is 12.3. The standard InChI is InChI=1S/C21H34O4Si/c1-7-23-19-13-14-21(22,15-17-11-9-8-10-12-17)18(25-19)16-24-26(5,6)20(2,3)4/h8-14,18-19,22H,7,15-16H2,1-6H3/t18-,19+,21-/m1/s1. The van der Waals surface area contributed by atoms with Gasteiger partial charge in [0.05, 0.1) is 6.61 Å². The highest BCUT2D eigenvalue weighted by Gasteiger charge is 2.43. The largest absolute Gasteiger partial charge is 0.414 e. The SMILES string of the molecule is CCO[C@@H]1C=C[C@@](O)(Cc2ccccc2)[C@@H](CO[Si](C)(C)C(C)(C)C)O1. The van der Waals surface area contributed by atoms with Gasteiger partial charge < -0.3 is 19.0 Å². The van der Waals surface area contributed by atoms with E-state index in [1.165, 1.54) is 0 Å². The maximum Gasteiger partial charge on any atom is 0.192 e. The molecule has 0 fully saturated rings. The highest BCUT2D eigenvalue weighted by molar-refractivity contribution is 6.74. The maximum atomic E-state index is 11.3. The van der Waals surface area contributed by atoms with E-state index in [0.29, 0.717) is 19.6 Å². The summed E-state index contributed by atoms with van der Waals surface area (Å²) in [6.45, 7) is 13.9. The molecule has 0 radical (unpaired) electrons. The van der Waals surface area contributed by atoms with Crippen molar-refractivity contribution in [3.8, 4) is 0 Å². The van der Waals surface area contributed by atoms with Crippen molar-refractivity contribution in [3.05, 3.63) is 48.0 Å². The Morgan fingerprint density at radius 1 is 1.19 bits per heavy atom. The van der Waals surface area contributed by atoms with Gasteiger partial charge in [0.2, 0.25) is 0 Å². The quantitative estimate of drug-likeness (QED) is 0.568. The van der Waals surface area contributed by atoms with Crippen molar-refractivity contribution in [1.82, 2.24) is 0 Å². The Morgan fingerprint density at radius 2 is 1.85 bits per heavy atom. The van der Waals surface area contributed by atoms with E-state index in [2.05, 4.69) is 33.9 Å². The number of hydrogen-bond donors (Lipinski definition) is 1. The Labute approximate surface area is 159 Å². The molecule has 5 heteroatoms. The Kier molecular flexibility index (Phi) is 6.85. The van der Waals surface area contributed by atoms with Crippen LogP contribution >= 0.6 is 0 Å². The van der Waals surface area contributed by atoms with Crippen LogP contribution in [0.15, 0.2) is 42.5 Å². The zero-order valence-corrected chi connectivity index (χ0v) is 18.0. The third kappa shape index (κ3) is 5.27. The smallest absolute Gasteiger partial charge is 0.192 e. The molecular weight excluding hydrogens is 344 g/mol. The fourth-order valence-corrected chi connectivity index (χ4v) is 3.72. The highest BCUT2D eigenvalue weighted by atomic mass is 28.4. The summed E-state index contributed by atoms with van der Waals surface area (Å²) < 4.78 is 18.0. The number of ether oxygens (including phenoxy) is 2. The Bertz CT molecular complexity index is 594. The molecule has 2 rings (SSSR count). The molecule has 1 heterocycles. The van der Waals surface area contributed by atoms with Crippen LogP contribution in [0.2, 0.25) is 18.1 Å². The second kappa shape index (κ2) is 8.36. The summed E-state index contributed by atoms with van der Waals surface area (Å²) in [5.74, 6) is 0. The van der Waals surface area contributed by atoms with Gasteiger partial charge in [0.25, 0.3) is 0 Å². The fourth-order valence-electron chi connectivity index (χ4n) is 2.72. The number of rotatable bonds is 7. The second-order valence-corrected chi connectivity index (χ2v) is 13.3. The lowest BCUT2D eigenvalue weighted by Crippen LogP contribution is -2.53. The van der Waals surface area contributed by atoms with Gasteiger partial charge in [0, 0.05) is 13.0 Å². The van der Waals surface area contributed by atoms with Crippen molar-refractivity contribution in [2.24, 2.45) is 0 Å². The molecule has 146 valence electrons. The van der Waals surface area contributed by atoms with E-state index >= 15 is 0 Å². The molecule has 1 aromatic carbocycles. The lowest BCUT2D eigenvalue weighted by molar-refractivity contribution is -0.202. The Morgan fingerprint density at radius 3 is 2.42 bits per heavy atom. The molecule has 0 unspecified atom stereocenters. The van der Waals surface area contributed by atoms with E-state index in [4.69, 9.17) is 13.9 Å². The molecule has 1 aromatic rings. The highest BCUT2D eigenvalue weighted by Crippen LogP contribution is 2.37. The summed E-state index contributed by atoms with van der Waals surface area (Å²) in [5.41, 5.74) is -0.0486. The molecule has 0 spiro atoms. The minimum Gasteiger partial charge on any atom is -0.414 e. The molecule has 1 aliphatic heterocycles. The van der Waals surface area contributed by atoms with E-state index in [1.807, 2.05) is 43.3 Å². The monoisotopic (exact) mass is 378 g/mol. The van der Waals surface area contributed by atoms with E-state index < -0.39 is 26.3 Å². The average molecular weight is 379 g/mol. The van der Waals surface area contributed by atoms with Crippen LogP contribution in [0.4, 0.5) is 0 Å². The molecule has 1 aliphatic rings. The molecule has 0 bridgehead atoms. The lowest BCUT2D eigenvalue weighted by atomic mass is 9.87. The van der Waals surface area contributed by atoms with E-state index in [-0.39, 0.29) is 5.04 Å². The minimum absolute atomic E-state index is 0.106. The number of aliphatic hydroxyl groups is 1. The first kappa shape index (κ1) is 21.3. The van der Waals surface area contributed by atoms with E-state index in [9.17, 15) is 5.11 Å². The normalized spacial score (nSPS) is 26.9. The molecule has 0 saturated heterocycles. The van der Waals surface area contributed by atoms with Gasteiger partial charge in [-0.3, -0.25) is 0 Å². The van der Waals surface area contributed by atoms with Gasteiger partial charge >= 0.3 is 0 Å². The summed E-state index contributed by atoms with van der Waals surface area (Å²) in [7, 11) is -1.94. The third-order valence-corrected chi connectivity index (χ3v) is 9.96. The predicted octanol–water partition coefficient (Wildman–Crippen LogP) is 4.30. The van der Waals surface area contributed by atoms with Crippen LogP contribution < -0.4 is 0 Å². The first-order valence-electron chi connectivity index (χ1n) is 9.44. The van der Waals surface area contributed by atoms with Crippen LogP contribution in [-0.4, -0.2) is 44.6 Å². The van der Waals surface area contributed by atoms with Crippen molar-refractivity contribution in [1.29, 1.82) is 0 Å². The minimum atomic E-state index is -1.94. The topological polar surface area (TPSA) is 47.9 Å². The van der Waals surface area contributed by atoms with Gasteiger partial charge in [-0.1, -0.05) is 51.1 Å². The summed E-state index contributed by atoms with van der Waals surface area (Å²) >= 11 is 0. The van der Waals surface area contributed by atoms with Crippen LogP contribution in [0.25, 0.3) is 0 Å². The van der Waals surface area contributed by atoms with Crippen LogP contribution in [0.1, 0.15) is 33.3 Å². The molecule has 0 aliphatic carbocycles.